The number of carbonyl (C=O) groups excluding carboxylic acids is 1. The summed E-state index contributed by atoms with van der Waals surface area (Å²) in [7, 11) is 1.36. The molecule has 0 aliphatic carbocycles. The molecule has 1 rings (SSSR count). The molecule has 0 bridgehead atoms. The second-order valence-corrected chi connectivity index (χ2v) is 9.53. The van der Waals surface area contributed by atoms with Gasteiger partial charge in [-0.15, -0.1) is 0 Å². The monoisotopic (exact) mass is 508 g/mol. The second-order valence-electron chi connectivity index (χ2n) is 9.12. The maximum atomic E-state index is 12.3. The molecule has 0 spiro atoms. The number of anilines is 2. The van der Waals surface area contributed by atoms with Gasteiger partial charge in [-0.1, -0.05) is 108 Å². The summed E-state index contributed by atoms with van der Waals surface area (Å²) in [6, 6.07) is 5.01. The summed E-state index contributed by atoms with van der Waals surface area (Å²) in [6.45, 7) is 2.26. The Bertz CT molecular complexity index is 767. The van der Waals surface area contributed by atoms with Gasteiger partial charge in [-0.3, -0.25) is 4.79 Å². The van der Waals surface area contributed by atoms with Gasteiger partial charge >= 0.3 is 5.97 Å². The molecule has 0 fully saturated rings. The van der Waals surface area contributed by atoms with Crippen molar-refractivity contribution in [2.24, 2.45) is 0 Å². The van der Waals surface area contributed by atoms with E-state index in [1.807, 2.05) is 0 Å². The number of rotatable bonds is 21. The van der Waals surface area contributed by atoms with Crippen molar-refractivity contribution in [1.82, 2.24) is 0 Å². The van der Waals surface area contributed by atoms with E-state index < -0.39 is 5.97 Å². The van der Waals surface area contributed by atoms with Crippen LogP contribution in [0.3, 0.4) is 0 Å². The van der Waals surface area contributed by atoms with E-state index in [1.54, 1.807) is 18.2 Å². The molecule has 0 heterocycles. The molecule has 0 saturated heterocycles. The Morgan fingerprint density at radius 3 is 1.86 bits per heavy atom. The zero-order valence-electron chi connectivity index (χ0n) is 21.7. The molecule has 6 nitrogen and oxygen atoms in total. The Kier molecular flexibility index (Phi) is 17.6. The van der Waals surface area contributed by atoms with Crippen LogP contribution in [0.2, 0.25) is 5.02 Å². The number of methoxy groups -OCH3 is 1. The topological polar surface area (TPSA) is 87.7 Å². The number of unbranched alkanes of at least 4 members (excludes halogenated alkanes) is 14. The minimum Gasteiger partial charge on any atom is -0.482 e. The first kappa shape index (κ1) is 30.8. The van der Waals surface area contributed by atoms with Crippen molar-refractivity contribution < 1.29 is 19.4 Å². The molecule has 198 valence electrons. The van der Waals surface area contributed by atoms with E-state index in [9.17, 15) is 9.59 Å². The van der Waals surface area contributed by atoms with Gasteiger partial charge in [-0.05, 0) is 24.6 Å². The Morgan fingerprint density at radius 1 is 0.857 bits per heavy atom. The Balaban J connectivity index is 2.13. The number of hydrogen-bond acceptors (Lipinski definition) is 4. The second kappa shape index (κ2) is 20.0. The van der Waals surface area contributed by atoms with Crippen LogP contribution in [-0.2, 0) is 14.3 Å². The molecule has 0 unspecified atom stereocenters. The molecule has 0 radical (unpaired) electrons. The highest BCUT2D eigenvalue weighted by molar-refractivity contribution is 6.33. The van der Waals surface area contributed by atoms with Crippen LogP contribution in [0.4, 0.5) is 11.4 Å². The molecule has 0 aliphatic heterocycles. The highest BCUT2D eigenvalue weighted by Gasteiger charge is 2.08. The van der Waals surface area contributed by atoms with Crippen molar-refractivity contribution in [2.45, 2.75) is 110 Å². The average Bonchev–Trinajstić information content (AvgIpc) is 2.82. The van der Waals surface area contributed by atoms with E-state index in [0.29, 0.717) is 22.8 Å². The van der Waals surface area contributed by atoms with Crippen LogP contribution >= 0.6 is 11.6 Å². The van der Waals surface area contributed by atoms with Gasteiger partial charge in [0.1, 0.15) is 0 Å². The van der Waals surface area contributed by atoms with E-state index in [4.69, 9.17) is 21.4 Å². The van der Waals surface area contributed by atoms with Gasteiger partial charge in [0.25, 0.3) is 0 Å². The highest BCUT2D eigenvalue weighted by atomic mass is 35.5. The summed E-state index contributed by atoms with van der Waals surface area (Å²) in [5, 5.41) is 15.0. The number of hydrogen-bond donors (Lipinski definition) is 3. The van der Waals surface area contributed by atoms with Gasteiger partial charge in [0, 0.05) is 12.1 Å². The lowest BCUT2D eigenvalue weighted by atomic mass is 10.0. The average molecular weight is 509 g/mol. The maximum Gasteiger partial charge on any atom is 0.333 e. The Hall–Kier alpha value is -2.21. The molecular weight excluding hydrogens is 464 g/mol. The van der Waals surface area contributed by atoms with Crippen molar-refractivity contribution in [3.63, 3.8) is 0 Å². The van der Waals surface area contributed by atoms with Crippen LogP contribution in [0.5, 0.6) is 0 Å². The van der Waals surface area contributed by atoms with Crippen LogP contribution in [0.1, 0.15) is 110 Å². The fourth-order valence-electron chi connectivity index (χ4n) is 3.97. The van der Waals surface area contributed by atoms with Gasteiger partial charge in [-0.25, -0.2) is 4.79 Å². The minimum absolute atomic E-state index is 0.0407. The van der Waals surface area contributed by atoms with Gasteiger partial charge in [-0.2, -0.15) is 0 Å². The number of halogens is 1. The summed E-state index contributed by atoms with van der Waals surface area (Å²) < 4.78 is 5.00. The van der Waals surface area contributed by atoms with Crippen molar-refractivity contribution in [3.8, 4) is 0 Å². The fraction of sp³-hybridized carbons (Fsp3) is 0.643. The first-order valence-corrected chi connectivity index (χ1v) is 13.7. The lowest BCUT2D eigenvalue weighted by molar-refractivity contribution is -0.131. The van der Waals surface area contributed by atoms with Crippen LogP contribution in [0, 0.1) is 0 Å². The third-order valence-corrected chi connectivity index (χ3v) is 6.32. The van der Waals surface area contributed by atoms with E-state index in [2.05, 4.69) is 17.6 Å². The SMILES string of the molecule is CCCCCCCCCCCCCCCCCC(=O)Nc1ccc(Cl)c(N/C(=C/C(=O)O)OC)c1. The van der Waals surface area contributed by atoms with Gasteiger partial charge in [0.2, 0.25) is 5.91 Å². The number of nitrogens with one attached hydrogen (secondary N) is 2. The van der Waals surface area contributed by atoms with E-state index in [1.165, 1.54) is 90.6 Å². The number of carboxylic acids is 1. The van der Waals surface area contributed by atoms with Crippen molar-refractivity contribution >= 4 is 34.9 Å². The number of benzene rings is 1. The van der Waals surface area contributed by atoms with Crippen LogP contribution in [0.15, 0.2) is 30.2 Å². The number of carbonyl (C=O) groups is 2. The molecule has 35 heavy (non-hydrogen) atoms. The number of ether oxygens (including phenoxy) is 1. The number of carboxylic acid groups (broad SMARTS) is 1. The minimum atomic E-state index is -1.14. The zero-order valence-corrected chi connectivity index (χ0v) is 22.4. The normalized spacial score (nSPS) is 11.3. The molecule has 0 aliphatic rings. The summed E-state index contributed by atoms with van der Waals surface area (Å²) >= 11 is 6.17. The van der Waals surface area contributed by atoms with Crippen LogP contribution in [-0.4, -0.2) is 24.1 Å². The van der Waals surface area contributed by atoms with E-state index >= 15 is 0 Å². The van der Waals surface area contributed by atoms with Gasteiger partial charge < -0.3 is 20.5 Å². The maximum absolute atomic E-state index is 12.3. The summed E-state index contributed by atoms with van der Waals surface area (Å²) in [5.74, 6) is -1.14. The molecule has 0 saturated carbocycles. The largest absolute Gasteiger partial charge is 0.482 e. The third-order valence-electron chi connectivity index (χ3n) is 5.99. The third kappa shape index (κ3) is 16.2. The van der Waals surface area contributed by atoms with Crippen molar-refractivity contribution in [2.75, 3.05) is 17.7 Å². The standard InChI is InChI=1S/C28H45ClN2O4/c1-3-4-5-6-7-8-9-10-11-12-13-14-15-16-17-18-26(32)30-23-19-20-24(29)25(21-23)31-27(35-2)22-28(33)34/h19-22,31H,3-18H2,1-2H3,(H,30,32)(H,33,34)/b27-22-. The lowest BCUT2D eigenvalue weighted by Gasteiger charge is -2.13. The lowest BCUT2D eigenvalue weighted by Crippen LogP contribution is -2.11. The molecular formula is C28H45ClN2O4. The fourth-order valence-corrected chi connectivity index (χ4v) is 4.13. The van der Waals surface area contributed by atoms with E-state index in [-0.39, 0.29) is 11.8 Å². The summed E-state index contributed by atoms with van der Waals surface area (Å²) in [5.41, 5.74) is 1.04. The predicted molar refractivity (Wildman–Crippen MR) is 146 cm³/mol. The number of aliphatic carboxylic acids is 1. The molecule has 1 aromatic carbocycles. The zero-order chi connectivity index (χ0) is 25.7. The molecule has 3 N–H and O–H groups in total. The molecule has 0 aromatic heterocycles. The first-order chi connectivity index (χ1) is 17.0. The number of amides is 1. The van der Waals surface area contributed by atoms with Crippen LogP contribution < -0.4 is 10.6 Å². The Labute approximate surface area is 216 Å². The Morgan fingerprint density at radius 2 is 1.37 bits per heavy atom. The summed E-state index contributed by atoms with van der Waals surface area (Å²) in [4.78, 5) is 23.1. The van der Waals surface area contributed by atoms with Gasteiger partial charge in [0.05, 0.1) is 23.9 Å². The van der Waals surface area contributed by atoms with Crippen LogP contribution in [0.25, 0.3) is 0 Å². The molecule has 7 heteroatoms. The smallest absolute Gasteiger partial charge is 0.333 e. The quantitative estimate of drug-likeness (QED) is 0.0879. The summed E-state index contributed by atoms with van der Waals surface area (Å²) in [6.07, 6.45) is 20.8. The first-order valence-electron chi connectivity index (χ1n) is 13.3. The predicted octanol–water partition coefficient (Wildman–Crippen LogP) is 8.52. The molecule has 1 amide bonds. The van der Waals surface area contributed by atoms with Crippen molar-refractivity contribution in [1.29, 1.82) is 0 Å². The highest BCUT2D eigenvalue weighted by Crippen LogP contribution is 2.27. The molecule has 0 atom stereocenters. The van der Waals surface area contributed by atoms with Gasteiger partial charge in [0.15, 0.2) is 5.88 Å². The van der Waals surface area contributed by atoms with E-state index in [0.717, 1.165) is 18.9 Å². The van der Waals surface area contributed by atoms with Crippen molar-refractivity contribution in [3.05, 3.63) is 35.2 Å². The molecule has 1 aromatic rings.